The van der Waals surface area contributed by atoms with Crippen molar-refractivity contribution in [2.75, 3.05) is 17.7 Å². The highest BCUT2D eigenvalue weighted by Crippen LogP contribution is 2.23. The number of rotatable bonds is 7. The lowest BCUT2D eigenvalue weighted by Gasteiger charge is -2.07. The Hall–Kier alpha value is -2.80. The molecule has 7 heteroatoms. The first-order valence-corrected chi connectivity index (χ1v) is 8.75. The molecule has 0 atom stereocenters. The molecule has 0 fully saturated rings. The predicted octanol–water partition coefficient (Wildman–Crippen LogP) is 3.87. The summed E-state index contributed by atoms with van der Waals surface area (Å²) in [6, 6.07) is 15.0. The molecule has 1 aromatic heterocycles. The van der Waals surface area contributed by atoms with E-state index in [4.69, 9.17) is 9.15 Å². The van der Waals surface area contributed by atoms with Crippen molar-refractivity contribution in [3.63, 3.8) is 0 Å². The van der Waals surface area contributed by atoms with Crippen LogP contribution in [0, 0.1) is 0 Å². The number of nitrogens with one attached hydrogen (secondary N) is 1. The van der Waals surface area contributed by atoms with Gasteiger partial charge in [-0.3, -0.25) is 4.79 Å². The Morgan fingerprint density at radius 3 is 2.80 bits per heavy atom. The van der Waals surface area contributed by atoms with Gasteiger partial charge in [0.15, 0.2) is 0 Å². The van der Waals surface area contributed by atoms with Crippen LogP contribution in [0.2, 0.25) is 0 Å². The van der Waals surface area contributed by atoms with Gasteiger partial charge < -0.3 is 14.5 Å². The molecule has 3 aromatic rings. The monoisotopic (exact) mass is 355 g/mol. The van der Waals surface area contributed by atoms with Gasteiger partial charge in [-0.15, -0.1) is 22.0 Å². The second kappa shape index (κ2) is 8.34. The number of carbonyl (C=O) groups is 1. The quantitative estimate of drug-likeness (QED) is 0.648. The zero-order valence-electron chi connectivity index (χ0n) is 13.6. The Kier molecular flexibility index (Phi) is 5.69. The molecule has 0 saturated carbocycles. The standard InChI is InChI=1S/C18H17N3O3S/c1-2-23-15-6-8-16(9-7-15)25-11-17(22)20-14-5-3-4-13(10-14)18-21-19-12-24-18/h3-10,12H,2,11H2,1H3,(H,20,22). The Labute approximate surface area is 149 Å². The summed E-state index contributed by atoms with van der Waals surface area (Å²) in [4.78, 5) is 13.2. The van der Waals surface area contributed by atoms with Crippen molar-refractivity contribution in [3.05, 3.63) is 54.9 Å². The number of anilines is 1. The number of ether oxygens (including phenoxy) is 1. The van der Waals surface area contributed by atoms with E-state index in [0.717, 1.165) is 16.2 Å². The number of hydrogen-bond acceptors (Lipinski definition) is 6. The maximum atomic E-state index is 12.1. The van der Waals surface area contributed by atoms with Crippen LogP contribution in [0.1, 0.15) is 6.92 Å². The molecule has 128 valence electrons. The fraction of sp³-hybridized carbons (Fsp3) is 0.167. The molecule has 0 aliphatic carbocycles. The number of hydrogen-bond donors (Lipinski definition) is 1. The van der Waals surface area contributed by atoms with Crippen molar-refractivity contribution in [3.8, 4) is 17.2 Å². The lowest BCUT2D eigenvalue weighted by Crippen LogP contribution is -2.13. The Morgan fingerprint density at radius 1 is 1.24 bits per heavy atom. The molecule has 0 radical (unpaired) electrons. The fourth-order valence-electron chi connectivity index (χ4n) is 2.17. The van der Waals surface area contributed by atoms with Crippen molar-refractivity contribution < 1.29 is 13.9 Å². The zero-order chi connectivity index (χ0) is 17.5. The summed E-state index contributed by atoms with van der Waals surface area (Å²) in [6.45, 7) is 2.58. The molecule has 25 heavy (non-hydrogen) atoms. The third-order valence-electron chi connectivity index (χ3n) is 3.26. The van der Waals surface area contributed by atoms with E-state index in [1.54, 1.807) is 6.07 Å². The molecule has 0 aliphatic heterocycles. The highest BCUT2D eigenvalue weighted by Gasteiger charge is 2.07. The Bertz CT molecular complexity index is 820. The van der Waals surface area contributed by atoms with Crippen molar-refractivity contribution in [2.24, 2.45) is 0 Å². The molecular weight excluding hydrogens is 338 g/mol. The van der Waals surface area contributed by atoms with Crippen molar-refractivity contribution in [1.82, 2.24) is 10.2 Å². The summed E-state index contributed by atoms with van der Waals surface area (Å²) in [5.74, 6) is 1.48. The zero-order valence-corrected chi connectivity index (χ0v) is 14.5. The summed E-state index contributed by atoms with van der Waals surface area (Å²) >= 11 is 1.47. The molecule has 0 aliphatic rings. The highest BCUT2D eigenvalue weighted by molar-refractivity contribution is 8.00. The van der Waals surface area contributed by atoms with Gasteiger partial charge in [0.25, 0.3) is 0 Å². The molecule has 2 aromatic carbocycles. The molecule has 6 nitrogen and oxygen atoms in total. The van der Waals surface area contributed by atoms with Gasteiger partial charge in [0.2, 0.25) is 18.2 Å². The fourth-order valence-corrected chi connectivity index (χ4v) is 2.87. The lowest BCUT2D eigenvalue weighted by atomic mass is 10.2. The molecule has 1 N–H and O–H groups in total. The van der Waals surface area contributed by atoms with E-state index in [1.165, 1.54) is 18.2 Å². The number of thioether (sulfide) groups is 1. The minimum absolute atomic E-state index is 0.0819. The van der Waals surface area contributed by atoms with Gasteiger partial charge in [-0.1, -0.05) is 6.07 Å². The smallest absolute Gasteiger partial charge is 0.247 e. The van der Waals surface area contributed by atoms with E-state index in [2.05, 4.69) is 15.5 Å². The third-order valence-corrected chi connectivity index (χ3v) is 4.27. The SMILES string of the molecule is CCOc1ccc(SCC(=O)Nc2cccc(-c3nnco3)c2)cc1. The van der Waals surface area contributed by atoms with Gasteiger partial charge in [-0.2, -0.15) is 0 Å². The topological polar surface area (TPSA) is 77.2 Å². The van der Waals surface area contributed by atoms with Crippen molar-refractivity contribution in [1.29, 1.82) is 0 Å². The Balaban J connectivity index is 1.55. The Morgan fingerprint density at radius 2 is 2.08 bits per heavy atom. The van der Waals surface area contributed by atoms with Crippen molar-refractivity contribution >= 4 is 23.4 Å². The van der Waals surface area contributed by atoms with E-state index in [0.29, 0.717) is 23.9 Å². The first-order valence-electron chi connectivity index (χ1n) is 7.76. The summed E-state index contributed by atoms with van der Waals surface area (Å²) in [7, 11) is 0. The third kappa shape index (κ3) is 4.84. The molecule has 0 saturated heterocycles. The maximum Gasteiger partial charge on any atom is 0.247 e. The van der Waals surface area contributed by atoms with E-state index in [-0.39, 0.29) is 5.91 Å². The van der Waals surface area contributed by atoms with Crippen LogP contribution >= 0.6 is 11.8 Å². The minimum Gasteiger partial charge on any atom is -0.494 e. The van der Waals surface area contributed by atoms with Gasteiger partial charge in [0.05, 0.1) is 12.4 Å². The van der Waals surface area contributed by atoms with Gasteiger partial charge in [0, 0.05) is 16.1 Å². The molecule has 0 bridgehead atoms. The first kappa shape index (κ1) is 17.0. The normalized spacial score (nSPS) is 10.4. The summed E-state index contributed by atoms with van der Waals surface area (Å²) < 4.78 is 10.6. The van der Waals surface area contributed by atoms with Gasteiger partial charge >= 0.3 is 0 Å². The molecule has 0 unspecified atom stereocenters. The summed E-state index contributed by atoms with van der Waals surface area (Å²) in [5.41, 5.74) is 1.45. The van der Waals surface area contributed by atoms with Gasteiger partial charge in [-0.05, 0) is 49.4 Å². The molecule has 3 rings (SSSR count). The van der Waals surface area contributed by atoms with Gasteiger partial charge in [-0.25, -0.2) is 0 Å². The van der Waals surface area contributed by atoms with E-state index in [1.807, 2.05) is 49.4 Å². The van der Waals surface area contributed by atoms with Crippen LogP contribution in [0.15, 0.2) is 64.2 Å². The summed E-state index contributed by atoms with van der Waals surface area (Å²) in [6.07, 6.45) is 1.27. The largest absolute Gasteiger partial charge is 0.494 e. The van der Waals surface area contributed by atoms with Gasteiger partial charge in [0.1, 0.15) is 5.75 Å². The molecule has 0 spiro atoms. The second-order valence-corrected chi connectivity index (χ2v) is 6.11. The van der Waals surface area contributed by atoms with Crippen LogP contribution in [-0.2, 0) is 4.79 Å². The predicted molar refractivity (Wildman–Crippen MR) is 96.7 cm³/mol. The van der Waals surface area contributed by atoms with E-state index >= 15 is 0 Å². The lowest BCUT2D eigenvalue weighted by molar-refractivity contribution is -0.113. The number of amides is 1. The molecular formula is C18H17N3O3S. The minimum atomic E-state index is -0.0819. The van der Waals surface area contributed by atoms with E-state index in [9.17, 15) is 4.79 Å². The number of aromatic nitrogens is 2. The molecule has 1 amide bonds. The van der Waals surface area contributed by atoms with Crippen LogP contribution in [0.5, 0.6) is 5.75 Å². The van der Waals surface area contributed by atoms with Crippen LogP contribution in [-0.4, -0.2) is 28.5 Å². The first-order chi connectivity index (χ1) is 12.2. The van der Waals surface area contributed by atoms with Crippen LogP contribution in [0.25, 0.3) is 11.5 Å². The number of nitrogens with zero attached hydrogens (tertiary/aromatic N) is 2. The van der Waals surface area contributed by atoms with Crippen LogP contribution in [0.3, 0.4) is 0 Å². The number of benzene rings is 2. The average molecular weight is 355 g/mol. The molecule has 1 heterocycles. The van der Waals surface area contributed by atoms with E-state index < -0.39 is 0 Å². The number of carbonyl (C=O) groups excluding carboxylic acids is 1. The van der Waals surface area contributed by atoms with Crippen LogP contribution in [0.4, 0.5) is 5.69 Å². The maximum absolute atomic E-state index is 12.1. The highest BCUT2D eigenvalue weighted by atomic mass is 32.2. The summed E-state index contributed by atoms with van der Waals surface area (Å²) in [5, 5.41) is 10.4. The van der Waals surface area contributed by atoms with Crippen molar-refractivity contribution in [2.45, 2.75) is 11.8 Å². The average Bonchev–Trinajstić information content (AvgIpc) is 3.16. The second-order valence-electron chi connectivity index (χ2n) is 5.07. The van der Waals surface area contributed by atoms with Crippen LogP contribution < -0.4 is 10.1 Å².